The van der Waals surface area contributed by atoms with Gasteiger partial charge in [0.15, 0.2) is 0 Å². The van der Waals surface area contributed by atoms with E-state index in [2.05, 4.69) is 31.2 Å². The van der Waals surface area contributed by atoms with Crippen molar-refractivity contribution in [3.8, 4) is 0 Å². The monoisotopic (exact) mass is 250 g/mol. The van der Waals surface area contributed by atoms with Gasteiger partial charge in [0.2, 0.25) is 0 Å². The second-order valence-electron chi connectivity index (χ2n) is 6.27. The highest BCUT2D eigenvalue weighted by Crippen LogP contribution is 2.44. The van der Waals surface area contributed by atoms with Crippen molar-refractivity contribution >= 4 is 5.82 Å². The fraction of sp³-hybridized carbons (Fsp3) is 0.786. The first-order chi connectivity index (χ1) is 8.43. The van der Waals surface area contributed by atoms with Crippen molar-refractivity contribution in [2.24, 2.45) is 30.0 Å². The van der Waals surface area contributed by atoms with E-state index in [0.29, 0.717) is 23.3 Å². The second kappa shape index (κ2) is 4.92. The SMILES string of the molecule is CC1C(N)CCC(CNc2ccnn2C)C1(C)C. The Balaban J connectivity index is 1.99. The second-order valence-corrected chi connectivity index (χ2v) is 6.27. The van der Waals surface area contributed by atoms with Gasteiger partial charge in [-0.05, 0) is 30.1 Å². The Hall–Kier alpha value is -1.03. The van der Waals surface area contributed by atoms with Gasteiger partial charge in [-0.15, -0.1) is 0 Å². The molecule has 0 bridgehead atoms. The maximum atomic E-state index is 6.20. The van der Waals surface area contributed by atoms with Gasteiger partial charge in [-0.1, -0.05) is 20.8 Å². The Morgan fingerprint density at radius 3 is 2.83 bits per heavy atom. The lowest BCUT2D eigenvalue weighted by atomic mass is 9.61. The fourth-order valence-electron chi connectivity index (χ4n) is 3.08. The number of hydrogen-bond donors (Lipinski definition) is 2. The summed E-state index contributed by atoms with van der Waals surface area (Å²) in [6.07, 6.45) is 4.18. The average molecular weight is 250 g/mol. The molecule has 0 saturated heterocycles. The number of anilines is 1. The van der Waals surface area contributed by atoms with Crippen molar-refractivity contribution in [2.75, 3.05) is 11.9 Å². The van der Waals surface area contributed by atoms with Gasteiger partial charge in [-0.2, -0.15) is 5.10 Å². The van der Waals surface area contributed by atoms with Crippen LogP contribution in [-0.2, 0) is 7.05 Å². The number of aryl methyl sites for hydroxylation is 1. The highest BCUT2D eigenvalue weighted by molar-refractivity contribution is 5.33. The Labute approximate surface area is 110 Å². The van der Waals surface area contributed by atoms with E-state index in [1.165, 1.54) is 6.42 Å². The van der Waals surface area contributed by atoms with Gasteiger partial charge in [-0.3, -0.25) is 4.68 Å². The summed E-state index contributed by atoms with van der Waals surface area (Å²) in [6, 6.07) is 2.37. The molecule has 2 rings (SSSR count). The lowest BCUT2D eigenvalue weighted by Crippen LogP contribution is -2.48. The van der Waals surface area contributed by atoms with Crippen LogP contribution in [-0.4, -0.2) is 22.4 Å². The first kappa shape index (κ1) is 13.4. The lowest BCUT2D eigenvalue weighted by molar-refractivity contribution is 0.0619. The Kier molecular flexibility index (Phi) is 3.66. The molecule has 3 unspecified atom stereocenters. The molecule has 0 aromatic carbocycles. The van der Waals surface area contributed by atoms with Gasteiger partial charge < -0.3 is 11.1 Å². The lowest BCUT2D eigenvalue weighted by Gasteiger charge is -2.47. The standard InChI is InChI=1S/C14H26N4/c1-10-12(15)6-5-11(14(10,2)3)9-16-13-7-8-17-18(13)4/h7-8,10-12,16H,5-6,9,15H2,1-4H3. The van der Waals surface area contributed by atoms with Crippen LogP contribution in [0.2, 0.25) is 0 Å². The zero-order valence-electron chi connectivity index (χ0n) is 12.0. The largest absolute Gasteiger partial charge is 0.370 e. The maximum absolute atomic E-state index is 6.20. The summed E-state index contributed by atoms with van der Waals surface area (Å²) < 4.78 is 1.88. The molecule has 1 aromatic heterocycles. The molecule has 0 amide bonds. The first-order valence-corrected chi connectivity index (χ1v) is 6.90. The zero-order chi connectivity index (χ0) is 13.3. The van der Waals surface area contributed by atoms with Gasteiger partial charge in [0.1, 0.15) is 5.82 Å². The topological polar surface area (TPSA) is 55.9 Å². The molecule has 102 valence electrons. The molecule has 1 aliphatic carbocycles. The molecule has 1 aliphatic rings. The third-order valence-corrected chi connectivity index (χ3v) is 5.07. The summed E-state index contributed by atoms with van der Waals surface area (Å²) in [7, 11) is 1.97. The highest BCUT2D eigenvalue weighted by Gasteiger charge is 2.41. The van der Waals surface area contributed by atoms with Crippen LogP contribution in [0.4, 0.5) is 5.82 Å². The molecule has 3 N–H and O–H groups in total. The van der Waals surface area contributed by atoms with Crippen LogP contribution in [0, 0.1) is 17.3 Å². The summed E-state index contributed by atoms with van der Waals surface area (Å²) in [5.74, 6) is 2.33. The van der Waals surface area contributed by atoms with Crippen LogP contribution in [0.3, 0.4) is 0 Å². The van der Waals surface area contributed by atoms with Crippen molar-refractivity contribution in [2.45, 2.75) is 39.7 Å². The van der Waals surface area contributed by atoms with E-state index >= 15 is 0 Å². The molecule has 0 spiro atoms. The van der Waals surface area contributed by atoms with Crippen LogP contribution in [0.15, 0.2) is 12.3 Å². The quantitative estimate of drug-likeness (QED) is 0.865. The Morgan fingerprint density at radius 1 is 1.50 bits per heavy atom. The van der Waals surface area contributed by atoms with E-state index in [-0.39, 0.29) is 0 Å². The predicted molar refractivity (Wildman–Crippen MR) is 75.3 cm³/mol. The number of rotatable bonds is 3. The van der Waals surface area contributed by atoms with Crippen molar-refractivity contribution in [3.05, 3.63) is 12.3 Å². The van der Waals surface area contributed by atoms with Gasteiger partial charge in [0.05, 0.1) is 6.20 Å². The van der Waals surface area contributed by atoms with Crippen LogP contribution in [0.25, 0.3) is 0 Å². The molecular weight excluding hydrogens is 224 g/mol. The third-order valence-electron chi connectivity index (χ3n) is 5.07. The number of nitrogens with zero attached hydrogens (tertiary/aromatic N) is 2. The van der Waals surface area contributed by atoms with Gasteiger partial charge in [-0.25, -0.2) is 0 Å². The van der Waals surface area contributed by atoms with Crippen LogP contribution < -0.4 is 11.1 Å². The van der Waals surface area contributed by atoms with Crippen molar-refractivity contribution in [1.29, 1.82) is 0 Å². The number of nitrogens with one attached hydrogen (secondary N) is 1. The minimum Gasteiger partial charge on any atom is -0.370 e. The molecule has 1 aromatic rings. The molecule has 0 aliphatic heterocycles. The minimum absolute atomic E-state index is 0.295. The number of aromatic nitrogens is 2. The van der Waals surface area contributed by atoms with Gasteiger partial charge >= 0.3 is 0 Å². The molecule has 3 atom stereocenters. The predicted octanol–water partition coefficient (Wildman–Crippen LogP) is 2.23. The van der Waals surface area contributed by atoms with Crippen molar-refractivity contribution < 1.29 is 0 Å². The van der Waals surface area contributed by atoms with E-state index < -0.39 is 0 Å². The van der Waals surface area contributed by atoms with E-state index in [1.54, 1.807) is 0 Å². The fourth-order valence-corrected chi connectivity index (χ4v) is 3.08. The highest BCUT2D eigenvalue weighted by atomic mass is 15.3. The summed E-state index contributed by atoms with van der Waals surface area (Å²) >= 11 is 0. The normalized spacial score (nSPS) is 31.3. The molecule has 4 nitrogen and oxygen atoms in total. The molecule has 1 saturated carbocycles. The summed E-state index contributed by atoms with van der Waals surface area (Å²) in [5, 5.41) is 7.69. The molecule has 0 radical (unpaired) electrons. The van der Waals surface area contributed by atoms with E-state index in [0.717, 1.165) is 18.8 Å². The summed E-state index contributed by atoms with van der Waals surface area (Å²) in [6.45, 7) is 8.00. The number of hydrogen-bond acceptors (Lipinski definition) is 3. The Bertz CT molecular complexity index is 396. The molecule has 18 heavy (non-hydrogen) atoms. The van der Waals surface area contributed by atoms with E-state index in [1.807, 2.05) is 24.0 Å². The van der Waals surface area contributed by atoms with Crippen LogP contribution in [0.1, 0.15) is 33.6 Å². The van der Waals surface area contributed by atoms with Gasteiger partial charge in [0.25, 0.3) is 0 Å². The minimum atomic E-state index is 0.295. The van der Waals surface area contributed by atoms with Crippen LogP contribution >= 0.6 is 0 Å². The van der Waals surface area contributed by atoms with Crippen molar-refractivity contribution in [3.63, 3.8) is 0 Å². The van der Waals surface area contributed by atoms with Crippen LogP contribution in [0.5, 0.6) is 0 Å². The Morgan fingerprint density at radius 2 is 2.22 bits per heavy atom. The average Bonchev–Trinajstić information content (AvgIpc) is 2.71. The van der Waals surface area contributed by atoms with Gasteiger partial charge in [0, 0.05) is 25.7 Å². The zero-order valence-corrected chi connectivity index (χ0v) is 12.0. The summed E-state index contributed by atoms with van der Waals surface area (Å²) in [4.78, 5) is 0. The maximum Gasteiger partial charge on any atom is 0.123 e. The molecule has 1 heterocycles. The first-order valence-electron chi connectivity index (χ1n) is 6.90. The summed E-state index contributed by atoms with van der Waals surface area (Å²) in [5.41, 5.74) is 6.49. The molecule has 1 fully saturated rings. The smallest absolute Gasteiger partial charge is 0.123 e. The van der Waals surface area contributed by atoms with Crippen molar-refractivity contribution in [1.82, 2.24) is 9.78 Å². The van der Waals surface area contributed by atoms with E-state index in [4.69, 9.17) is 5.73 Å². The van der Waals surface area contributed by atoms with E-state index in [9.17, 15) is 0 Å². The molecule has 4 heteroatoms. The third kappa shape index (κ3) is 2.39. The number of nitrogens with two attached hydrogens (primary N) is 1. The molecular formula is C14H26N4.